The molecule has 2 aromatic carbocycles. The van der Waals surface area contributed by atoms with Gasteiger partial charge >= 0.3 is 0 Å². The minimum Gasteiger partial charge on any atom is -0.454 e. The molecule has 5 nitrogen and oxygen atoms in total. The zero-order valence-electron chi connectivity index (χ0n) is 12.2. The molecule has 24 heavy (non-hydrogen) atoms. The third-order valence-corrected chi connectivity index (χ3v) is 5.22. The molecule has 1 aliphatic rings. The second-order valence-corrected chi connectivity index (χ2v) is 6.78. The van der Waals surface area contributed by atoms with Crippen molar-refractivity contribution in [3.8, 4) is 11.5 Å². The lowest BCUT2D eigenvalue weighted by Crippen LogP contribution is -2.22. The van der Waals surface area contributed by atoms with Crippen molar-refractivity contribution in [1.82, 2.24) is 9.38 Å². The van der Waals surface area contributed by atoms with Gasteiger partial charge < -0.3 is 9.47 Å². The molecule has 0 amide bonds. The quantitative estimate of drug-likeness (QED) is 0.526. The van der Waals surface area contributed by atoms with Crippen molar-refractivity contribution < 1.29 is 9.47 Å². The van der Waals surface area contributed by atoms with E-state index in [2.05, 4.69) is 4.98 Å². The summed E-state index contributed by atoms with van der Waals surface area (Å²) in [4.78, 5) is 17.9. The first-order valence-electron chi connectivity index (χ1n) is 7.21. The molecule has 4 aromatic rings. The fourth-order valence-electron chi connectivity index (χ4n) is 2.80. The number of halogens is 1. The third-order valence-electron chi connectivity index (χ3n) is 3.92. The van der Waals surface area contributed by atoms with Crippen molar-refractivity contribution in [3.63, 3.8) is 0 Å². The molecule has 0 unspecified atom stereocenters. The van der Waals surface area contributed by atoms with Crippen molar-refractivity contribution in [2.45, 2.75) is 0 Å². The van der Waals surface area contributed by atoms with Crippen molar-refractivity contribution >= 4 is 45.0 Å². The Balaban J connectivity index is 1.76. The van der Waals surface area contributed by atoms with Crippen LogP contribution in [0.2, 0.25) is 5.02 Å². The minimum absolute atomic E-state index is 0.0996. The number of aromatic nitrogens is 2. The number of ether oxygens (including phenoxy) is 2. The smallest absolute Gasteiger partial charge is 0.274 e. The highest BCUT2D eigenvalue weighted by Gasteiger charge is 2.16. The molecule has 0 radical (unpaired) electrons. The molecule has 1 aliphatic heterocycles. The largest absolute Gasteiger partial charge is 0.454 e. The van der Waals surface area contributed by atoms with Crippen LogP contribution in [-0.2, 0) is 0 Å². The van der Waals surface area contributed by atoms with Crippen molar-refractivity contribution in [2.24, 2.45) is 0 Å². The van der Waals surface area contributed by atoms with Crippen LogP contribution in [0, 0.1) is 0 Å². The van der Waals surface area contributed by atoms with E-state index in [1.165, 1.54) is 11.3 Å². The molecule has 0 N–H and O–H groups in total. The number of para-hydroxylation sites is 2. The van der Waals surface area contributed by atoms with E-state index >= 15 is 0 Å². The highest BCUT2D eigenvalue weighted by atomic mass is 35.5. The number of rotatable bonds is 1. The van der Waals surface area contributed by atoms with E-state index in [9.17, 15) is 4.79 Å². The van der Waals surface area contributed by atoms with Crippen LogP contribution < -0.4 is 19.6 Å². The zero-order chi connectivity index (χ0) is 16.3. The van der Waals surface area contributed by atoms with Crippen molar-refractivity contribution in [1.29, 1.82) is 0 Å². The second kappa shape index (κ2) is 4.96. The van der Waals surface area contributed by atoms with Gasteiger partial charge in [0.1, 0.15) is 0 Å². The summed E-state index contributed by atoms with van der Waals surface area (Å²) in [6.45, 7) is 0.181. The first kappa shape index (κ1) is 13.8. The molecule has 0 bridgehead atoms. The average molecular weight is 357 g/mol. The van der Waals surface area contributed by atoms with Gasteiger partial charge in [0.15, 0.2) is 16.5 Å². The lowest BCUT2D eigenvalue weighted by atomic mass is 10.2. The summed E-state index contributed by atoms with van der Waals surface area (Å²) in [6, 6.07) is 11.1. The molecule has 7 heteroatoms. The van der Waals surface area contributed by atoms with Gasteiger partial charge in [-0.2, -0.15) is 0 Å². The Morgan fingerprint density at radius 3 is 2.88 bits per heavy atom. The van der Waals surface area contributed by atoms with E-state index in [4.69, 9.17) is 21.1 Å². The normalized spacial score (nSPS) is 14.1. The Kier molecular flexibility index (Phi) is 2.86. The summed E-state index contributed by atoms with van der Waals surface area (Å²) in [5.41, 5.74) is 2.24. The molecule has 3 heterocycles. The molecule has 0 saturated carbocycles. The van der Waals surface area contributed by atoms with E-state index in [0.717, 1.165) is 11.0 Å². The Hall–Kier alpha value is -2.57. The summed E-state index contributed by atoms with van der Waals surface area (Å²) >= 11 is 7.63. The molecule has 0 spiro atoms. The number of nitrogens with zero attached hydrogens (tertiary/aromatic N) is 2. The maximum absolute atomic E-state index is 12.8. The van der Waals surface area contributed by atoms with Crippen LogP contribution in [-0.4, -0.2) is 16.2 Å². The molecule has 0 fully saturated rings. The Morgan fingerprint density at radius 2 is 2.00 bits per heavy atom. The maximum atomic E-state index is 12.8. The van der Waals surface area contributed by atoms with Crippen LogP contribution in [0.4, 0.5) is 0 Å². The highest BCUT2D eigenvalue weighted by Crippen LogP contribution is 2.37. The van der Waals surface area contributed by atoms with Gasteiger partial charge in [-0.1, -0.05) is 35.1 Å². The van der Waals surface area contributed by atoms with Crippen molar-refractivity contribution in [2.75, 3.05) is 6.79 Å². The molecule has 118 valence electrons. The number of benzene rings is 2. The van der Waals surface area contributed by atoms with E-state index in [1.54, 1.807) is 22.6 Å². The van der Waals surface area contributed by atoms with E-state index in [-0.39, 0.29) is 12.4 Å². The lowest BCUT2D eigenvalue weighted by molar-refractivity contribution is 0.174. The van der Waals surface area contributed by atoms with Gasteiger partial charge in [0, 0.05) is 6.07 Å². The number of hydrogen-bond acceptors (Lipinski definition) is 5. The van der Waals surface area contributed by atoms with Crippen LogP contribution in [0.1, 0.15) is 5.56 Å². The minimum atomic E-state index is -0.0996. The summed E-state index contributed by atoms with van der Waals surface area (Å²) in [5, 5.41) is 0.509. The van der Waals surface area contributed by atoms with Crippen LogP contribution in [0.25, 0.3) is 22.1 Å². The molecule has 5 rings (SSSR count). The maximum Gasteiger partial charge on any atom is 0.274 e. The van der Waals surface area contributed by atoms with Crippen LogP contribution in [0.5, 0.6) is 11.5 Å². The average Bonchev–Trinajstić information content (AvgIpc) is 3.23. The van der Waals surface area contributed by atoms with Gasteiger partial charge in [0.05, 0.1) is 20.6 Å². The predicted molar refractivity (Wildman–Crippen MR) is 93.2 cm³/mol. The standard InChI is InChI=1S/C17H9ClN2O3S/c18-10-7-14-13(22-8-23-14)5-9(10)6-15-16(21)20-12-4-2-1-3-11(12)19-17(20)24-15/h1-7H,8H2/b15-6+. The zero-order valence-corrected chi connectivity index (χ0v) is 13.7. The summed E-state index contributed by atoms with van der Waals surface area (Å²) in [7, 11) is 0. The molecule has 0 atom stereocenters. The number of fused-ring (bicyclic) bond motifs is 4. The van der Waals surface area contributed by atoms with Gasteiger partial charge in [-0.3, -0.25) is 4.79 Å². The molecular weight excluding hydrogens is 348 g/mol. The Morgan fingerprint density at radius 1 is 1.21 bits per heavy atom. The van der Waals surface area contributed by atoms with Crippen LogP contribution >= 0.6 is 22.9 Å². The van der Waals surface area contributed by atoms with E-state index in [0.29, 0.717) is 31.6 Å². The number of hydrogen-bond donors (Lipinski definition) is 0. The first-order chi connectivity index (χ1) is 11.7. The van der Waals surface area contributed by atoms with Crippen LogP contribution in [0.15, 0.2) is 41.2 Å². The Bertz CT molecular complexity index is 1230. The SMILES string of the molecule is O=c1/c(=C\c2cc3c(cc2Cl)OCO3)sc2nc3ccccc3n12. The van der Waals surface area contributed by atoms with Crippen LogP contribution in [0.3, 0.4) is 0 Å². The molecular formula is C17H9ClN2O3S. The topological polar surface area (TPSA) is 52.8 Å². The highest BCUT2D eigenvalue weighted by molar-refractivity contribution is 7.15. The van der Waals surface area contributed by atoms with Gasteiger partial charge in [0.2, 0.25) is 6.79 Å². The molecule has 0 aliphatic carbocycles. The van der Waals surface area contributed by atoms with Gasteiger partial charge in [-0.15, -0.1) is 0 Å². The third kappa shape index (κ3) is 1.93. The first-order valence-corrected chi connectivity index (χ1v) is 8.41. The summed E-state index contributed by atoms with van der Waals surface area (Å²) in [6.07, 6.45) is 1.76. The van der Waals surface area contributed by atoms with E-state index in [1.807, 2.05) is 24.3 Å². The number of thiazole rings is 1. The second-order valence-electron chi connectivity index (χ2n) is 5.36. The van der Waals surface area contributed by atoms with Gasteiger partial charge in [-0.25, -0.2) is 9.38 Å². The summed E-state index contributed by atoms with van der Waals surface area (Å²) < 4.78 is 12.9. The summed E-state index contributed by atoms with van der Waals surface area (Å²) in [5.74, 6) is 1.25. The fraction of sp³-hybridized carbons (Fsp3) is 0.0588. The lowest BCUT2D eigenvalue weighted by Gasteiger charge is -2.00. The van der Waals surface area contributed by atoms with Crippen molar-refractivity contribution in [3.05, 3.63) is 61.9 Å². The number of imidazole rings is 1. The fourth-order valence-corrected chi connectivity index (χ4v) is 3.98. The Labute approximate surface area is 144 Å². The van der Waals surface area contributed by atoms with Gasteiger partial charge in [-0.05, 0) is 29.8 Å². The predicted octanol–water partition coefficient (Wildman–Crippen LogP) is 2.84. The molecule has 2 aromatic heterocycles. The molecule has 0 saturated heterocycles. The van der Waals surface area contributed by atoms with E-state index < -0.39 is 0 Å². The monoisotopic (exact) mass is 356 g/mol. The van der Waals surface area contributed by atoms with Gasteiger partial charge in [0.25, 0.3) is 5.56 Å².